The van der Waals surface area contributed by atoms with Gasteiger partial charge in [-0.2, -0.15) is 0 Å². The third-order valence-electron chi connectivity index (χ3n) is 4.98. The minimum Gasteiger partial charge on any atom is -0.352 e. The van der Waals surface area contributed by atoms with Crippen LogP contribution in [0.3, 0.4) is 0 Å². The topological polar surface area (TPSA) is 49.4 Å². The number of hydrogen-bond donors (Lipinski definition) is 1. The maximum absolute atomic E-state index is 12.4. The number of benzene rings is 1. The molecule has 2 rings (SSSR count). The van der Waals surface area contributed by atoms with Crippen molar-refractivity contribution in [1.29, 1.82) is 0 Å². The first-order chi connectivity index (χ1) is 11.2. The molecule has 0 bridgehead atoms. The van der Waals surface area contributed by atoms with Crippen molar-refractivity contribution in [3.63, 3.8) is 0 Å². The summed E-state index contributed by atoms with van der Waals surface area (Å²) < 4.78 is 0. The maximum Gasteiger partial charge on any atom is 0.223 e. The average Bonchev–Trinajstić information content (AvgIpc) is 2.52. The highest BCUT2D eigenvalue weighted by Gasteiger charge is 2.26. The van der Waals surface area contributed by atoms with Crippen LogP contribution in [-0.4, -0.2) is 29.8 Å². The van der Waals surface area contributed by atoms with Gasteiger partial charge in [0.15, 0.2) is 0 Å². The Morgan fingerprint density at radius 2 is 1.83 bits per heavy atom. The van der Waals surface area contributed by atoms with Crippen molar-refractivity contribution in [3.8, 4) is 0 Å². The summed E-state index contributed by atoms with van der Waals surface area (Å²) in [4.78, 5) is 25.6. The molecule has 1 aromatic carbocycles. The van der Waals surface area contributed by atoms with Gasteiger partial charge in [-0.25, -0.2) is 0 Å². The minimum atomic E-state index is 0.0201. The van der Waals surface area contributed by atoms with E-state index in [1.807, 2.05) is 4.90 Å². The van der Waals surface area contributed by atoms with E-state index in [0.29, 0.717) is 19.6 Å². The first kappa shape index (κ1) is 18.5. The van der Waals surface area contributed by atoms with E-state index in [2.05, 4.69) is 51.2 Å². The standard InChI is InChI=1S/C20H30N2O2/c1-14-6-7-18(20(3,4)5)12-17(14)13-21-19(24)16-8-10-22(11-9-16)15(2)23/h6-7,12,16H,8-11,13H2,1-5H3,(H,21,24). The monoisotopic (exact) mass is 330 g/mol. The molecular weight excluding hydrogens is 300 g/mol. The molecular formula is C20H30N2O2. The quantitative estimate of drug-likeness (QED) is 0.925. The molecule has 0 radical (unpaired) electrons. The lowest BCUT2D eigenvalue weighted by Crippen LogP contribution is -2.42. The summed E-state index contributed by atoms with van der Waals surface area (Å²) in [5.41, 5.74) is 3.77. The number of hydrogen-bond acceptors (Lipinski definition) is 2. The molecule has 1 heterocycles. The molecule has 0 aliphatic carbocycles. The molecule has 0 spiro atoms. The molecule has 2 amide bonds. The number of piperidine rings is 1. The van der Waals surface area contributed by atoms with Gasteiger partial charge < -0.3 is 10.2 Å². The number of nitrogens with one attached hydrogen (secondary N) is 1. The SMILES string of the molecule is CC(=O)N1CCC(C(=O)NCc2cc(C(C)(C)C)ccc2C)CC1. The third kappa shape index (κ3) is 4.59. The largest absolute Gasteiger partial charge is 0.352 e. The van der Waals surface area contributed by atoms with Crippen molar-refractivity contribution in [2.75, 3.05) is 13.1 Å². The molecule has 132 valence electrons. The number of likely N-dealkylation sites (tertiary alicyclic amines) is 1. The highest BCUT2D eigenvalue weighted by molar-refractivity contribution is 5.79. The fourth-order valence-electron chi connectivity index (χ4n) is 3.11. The minimum absolute atomic E-state index is 0.0201. The van der Waals surface area contributed by atoms with Gasteiger partial charge in [-0.3, -0.25) is 9.59 Å². The molecule has 1 fully saturated rings. The van der Waals surface area contributed by atoms with Crippen molar-refractivity contribution in [2.24, 2.45) is 5.92 Å². The Kier molecular flexibility index (Phi) is 5.68. The van der Waals surface area contributed by atoms with E-state index < -0.39 is 0 Å². The Balaban J connectivity index is 1.94. The van der Waals surface area contributed by atoms with Gasteiger partial charge >= 0.3 is 0 Å². The fourth-order valence-corrected chi connectivity index (χ4v) is 3.11. The van der Waals surface area contributed by atoms with Crippen LogP contribution in [0.15, 0.2) is 18.2 Å². The van der Waals surface area contributed by atoms with E-state index in [1.54, 1.807) is 6.92 Å². The zero-order valence-electron chi connectivity index (χ0n) is 15.6. The van der Waals surface area contributed by atoms with E-state index in [4.69, 9.17) is 0 Å². The van der Waals surface area contributed by atoms with Crippen molar-refractivity contribution >= 4 is 11.8 Å². The van der Waals surface area contributed by atoms with Gasteiger partial charge in [0.25, 0.3) is 0 Å². The Morgan fingerprint density at radius 3 is 2.38 bits per heavy atom. The normalized spacial score (nSPS) is 16.1. The first-order valence-electron chi connectivity index (χ1n) is 8.81. The van der Waals surface area contributed by atoms with Gasteiger partial charge in [0.1, 0.15) is 0 Å². The Morgan fingerprint density at radius 1 is 1.21 bits per heavy atom. The number of amides is 2. The summed E-state index contributed by atoms with van der Waals surface area (Å²) in [5.74, 6) is 0.231. The van der Waals surface area contributed by atoms with E-state index in [9.17, 15) is 9.59 Å². The van der Waals surface area contributed by atoms with E-state index in [-0.39, 0.29) is 23.1 Å². The Hall–Kier alpha value is -1.84. The molecule has 4 nitrogen and oxygen atoms in total. The lowest BCUT2D eigenvalue weighted by atomic mass is 9.85. The van der Waals surface area contributed by atoms with Crippen LogP contribution in [0, 0.1) is 12.8 Å². The molecule has 4 heteroatoms. The van der Waals surface area contributed by atoms with Crippen molar-refractivity contribution in [1.82, 2.24) is 10.2 Å². The fraction of sp³-hybridized carbons (Fsp3) is 0.600. The highest BCUT2D eigenvalue weighted by Crippen LogP contribution is 2.24. The maximum atomic E-state index is 12.4. The molecule has 0 atom stereocenters. The summed E-state index contributed by atoms with van der Waals surface area (Å²) in [6.07, 6.45) is 1.51. The summed E-state index contributed by atoms with van der Waals surface area (Å²) >= 11 is 0. The number of carbonyl (C=O) groups excluding carboxylic acids is 2. The third-order valence-corrected chi connectivity index (χ3v) is 4.98. The van der Waals surface area contributed by atoms with Crippen LogP contribution in [0.4, 0.5) is 0 Å². The molecule has 1 aromatic rings. The predicted octanol–water partition coefficient (Wildman–Crippen LogP) is 3.17. The number of aryl methyl sites for hydroxylation is 1. The van der Waals surface area contributed by atoms with Gasteiger partial charge in [0, 0.05) is 32.5 Å². The average molecular weight is 330 g/mol. The summed E-state index contributed by atoms with van der Waals surface area (Å²) in [6, 6.07) is 6.50. The van der Waals surface area contributed by atoms with Crippen LogP contribution in [0.5, 0.6) is 0 Å². The van der Waals surface area contributed by atoms with Crippen LogP contribution in [0.2, 0.25) is 0 Å². The van der Waals surface area contributed by atoms with E-state index >= 15 is 0 Å². The van der Waals surface area contributed by atoms with Crippen molar-refractivity contribution in [2.45, 2.75) is 59.4 Å². The second kappa shape index (κ2) is 7.37. The second-order valence-corrected chi connectivity index (χ2v) is 7.89. The molecule has 1 aliphatic rings. The summed E-state index contributed by atoms with van der Waals surface area (Å²) in [5, 5.41) is 3.09. The molecule has 24 heavy (non-hydrogen) atoms. The molecule has 0 unspecified atom stereocenters. The molecule has 0 saturated carbocycles. The lowest BCUT2D eigenvalue weighted by molar-refractivity contribution is -0.134. The summed E-state index contributed by atoms with van der Waals surface area (Å²) in [6.45, 7) is 12.2. The first-order valence-corrected chi connectivity index (χ1v) is 8.81. The Bertz CT molecular complexity index is 609. The molecule has 0 aromatic heterocycles. The van der Waals surface area contributed by atoms with Crippen LogP contribution in [0.1, 0.15) is 57.2 Å². The van der Waals surface area contributed by atoms with Gasteiger partial charge in [0.05, 0.1) is 0 Å². The predicted molar refractivity (Wildman–Crippen MR) is 96.7 cm³/mol. The summed E-state index contributed by atoms with van der Waals surface area (Å²) in [7, 11) is 0. The lowest BCUT2D eigenvalue weighted by Gasteiger charge is -2.30. The van der Waals surface area contributed by atoms with Crippen LogP contribution >= 0.6 is 0 Å². The zero-order chi connectivity index (χ0) is 17.9. The van der Waals surface area contributed by atoms with Gasteiger partial charge in [-0.15, -0.1) is 0 Å². The number of rotatable bonds is 3. The van der Waals surface area contributed by atoms with Gasteiger partial charge in [0.2, 0.25) is 11.8 Å². The molecule has 1 aliphatic heterocycles. The van der Waals surface area contributed by atoms with Gasteiger partial charge in [-0.1, -0.05) is 39.0 Å². The van der Waals surface area contributed by atoms with Gasteiger partial charge in [-0.05, 0) is 41.9 Å². The number of carbonyl (C=O) groups is 2. The van der Waals surface area contributed by atoms with Crippen molar-refractivity contribution < 1.29 is 9.59 Å². The molecule has 1 saturated heterocycles. The van der Waals surface area contributed by atoms with Crippen LogP contribution < -0.4 is 5.32 Å². The second-order valence-electron chi connectivity index (χ2n) is 7.89. The molecule has 1 N–H and O–H groups in total. The smallest absolute Gasteiger partial charge is 0.223 e. The highest BCUT2D eigenvalue weighted by atomic mass is 16.2. The van der Waals surface area contributed by atoms with Crippen molar-refractivity contribution in [3.05, 3.63) is 34.9 Å². The van der Waals surface area contributed by atoms with Crippen LogP contribution in [-0.2, 0) is 21.5 Å². The zero-order valence-corrected chi connectivity index (χ0v) is 15.6. The van der Waals surface area contributed by atoms with E-state index in [0.717, 1.165) is 12.8 Å². The van der Waals surface area contributed by atoms with Crippen LogP contribution in [0.25, 0.3) is 0 Å². The van der Waals surface area contributed by atoms with E-state index in [1.165, 1.54) is 16.7 Å². The number of nitrogens with zero attached hydrogens (tertiary/aromatic N) is 1. The Labute approximate surface area is 145 Å².